The molecule has 1 aromatic carbocycles. The van der Waals surface area contributed by atoms with Crippen LogP contribution in [-0.2, 0) is 4.79 Å². The van der Waals surface area contributed by atoms with E-state index in [-0.39, 0.29) is 11.4 Å². The highest BCUT2D eigenvalue weighted by atomic mass is 16.6. The van der Waals surface area contributed by atoms with Crippen molar-refractivity contribution in [3.8, 4) is 0 Å². The maximum atomic E-state index is 12.1. The summed E-state index contributed by atoms with van der Waals surface area (Å²) in [5, 5.41) is 22.4. The lowest BCUT2D eigenvalue weighted by atomic mass is 10.2. The molecular formula is C13H15N3O5. The molecule has 0 saturated carbocycles. The van der Waals surface area contributed by atoms with Gasteiger partial charge < -0.3 is 15.3 Å². The monoisotopic (exact) mass is 293 g/mol. The number of nitro benzene ring substituents is 1. The van der Waals surface area contributed by atoms with E-state index in [0.717, 1.165) is 0 Å². The molecule has 1 aliphatic rings. The van der Waals surface area contributed by atoms with E-state index in [9.17, 15) is 19.7 Å². The smallest absolute Gasteiger partial charge is 0.326 e. The number of nitrogens with zero attached hydrogens (tertiary/aromatic N) is 2. The van der Waals surface area contributed by atoms with Crippen LogP contribution in [0.4, 0.5) is 16.2 Å². The molecule has 2 N–H and O–H groups in total. The van der Waals surface area contributed by atoms with E-state index in [1.54, 1.807) is 13.0 Å². The molecule has 0 aromatic heterocycles. The van der Waals surface area contributed by atoms with Crippen LogP contribution in [0.5, 0.6) is 0 Å². The maximum absolute atomic E-state index is 12.1. The van der Waals surface area contributed by atoms with Gasteiger partial charge in [0.25, 0.3) is 5.69 Å². The Morgan fingerprint density at radius 3 is 2.81 bits per heavy atom. The van der Waals surface area contributed by atoms with Gasteiger partial charge >= 0.3 is 12.0 Å². The summed E-state index contributed by atoms with van der Waals surface area (Å²) in [6.45, 7) is 1.96. The molecule has 8 heteroatoms. The van der Waals surface area contributed by atoms with Crippen molar-refractivity contribution in [1.82, 2.24) is 4.90 Å². The largest absolute Gasteiger partial charge is 0.480 e. The Hall–Kier alpha value is -2.64. The van der Waals surface area contributed by atoms with Crippen LogP contribution < -0.4 is 5.32 Å². The highest BCUT2D eigenvalue weighted by Crippen LogP contribution is 2.24. The van der Waals surface area contributed by atoms with E-state index in [1.807, 2.05) is 0 Å². The number of nitrogens with one attached hydrogen (secondary N) is 1. The van der Waals surface area contributed by atoms with Gasteiger partial charge in [-0.25, -0.2) is 9.59 Å². The van der Waals surface area contributed by atoms with Crippen molar-refractivity contribution in [1.29, 1.82) is 0 Å². The molecule has 8 nitrogen and oxygen atoms in total. The van der Waals surface area contributed by atoms with Crippen LogP contribution in [0.1, 0.15) is 18.4 Å². The third kappa shape index (κ3) is 3.10. The number of likely N-dealkylation sites (tertiary alicyclic amines) is 1. The summed E-state index contributed by atoms with van der Waals surface area (Å²) in [6, 6.07) is 2.95. The van der Waals surface area contributed by atoms with Crippen molar-refractivity contribution in [3.63, 3.8) is 0 Å². The summed E-state index contributed by atoms with van der Waals surface area (Å²) in [5.41, 5.74) is 0.667. The van der Waals surface area contributed by atoms with Gasteiger partial charge in [0.05, 0.1) is 4.92 Å². The van der Waals surface area contributed by atoms with Crippen LogP contribution in [-0.4, -0.2) is 39.5 Å². The van der Waals surface area contributed by atoms with Crippen LogP contribution >= 0.6 is 0 Å². The Morgan fingerprint density at radius 1 is 1.48 bits per heavy atom. The average Bonchev–Trinajstić information content (AvgIpc) is 2.90. The quantitative estimate of drug-likeness (QED) is 0.653. The number of anilines is 1. The number of aryl methyl sites for hydroxylation is 1. The lowest BCUT2D eigenvalue weighted by molar-refractivity contribution is -0.385. The number of carbonyl (C=O) groups excluding carboxylic acids is 1. The Labute approximate surface area is 120 Å². The second-order valence-corrected chi connectivity index (χ2v) is 4.88. The van der Waals surface area contributed by atoms with Gasteiger partial charge in [0, 0.05) is 23.9 Å². The zero-order valence-electron chi connectivity index (χ0n) is 11.4. The molecule has 112 valence electrons. The highest BCUT2D eigenvalue weighted by molar-refractivity contribution is 5.93. The Balaban J connectivity index is 2.14. The fourth-order valence-electron chi connectivity index (χ4n) is 2.35. The topological polar surface area (TPSA) is 113 Å². The number of benzene rings is 1. The minimum absolute atomic E-state index is 0.0935. The van der Waals surface area contributed by atoms with Crippen LogP contribution in [0.25, 0.3) is 0 Å². The molecule has 2 rings (SSSR count). The molecule has 0 bridgehead atoms. The van der Waals surface area contributed by atoms with E-state index < -0.39 is 23.0 Å². The van der Waals surface area contributed by atoms with Gasteiger partial charge in [0.15, 0.2) is 0 Å². The summed E-state index contributed by atoms with van der Waals surface area (Å²) in [5.74, 6) is -1.04. The van der Waals surface area contributed by atoms with Crippen LogP contribution in [0.3, 0.4) is 0 Å². The molecular weight excluding hydrogens is 278 g/mol. The first-order valence-electron chi connectivity index (χ1n) is 6.45. The summed E-state index contributed by atoms with van der Waals surface area (Å²) >= 11 is 0. The molecule has 1 atom stereocenters. The van der Waals surface area contributed by atoms with E-state index in [0.29, 0.717) is 24.9 Å². The van der Waals surface area contributed by atoms with Gasteiger partial charge in [-0.05, 0) is 25.8 Å². The molecule has 0 unspecified atom stereocenters. The van der Waals surface area contributed by atoms with Crippen molar-refractivity contribution in [2.45, 2.75) is 25.8 Å². The molecule has 0 radical (unpaired) electrons. The number of carboxylic acids is 1. The molecule has 1 aliphatic heterocycles. The molecule has 1 aromatic rings. The van der Waals surface area contributed by atoms with Gasteiger partial charge in [0.2, 0.25) is 0 Å². The predicted molar refractivity (Wildman–Crippen MR) is 74.2 cm³/mol. The van der Waals surface area contributed by atoms with Crippen LogP contribution in [0.2, 0.25) is 0 Å². The van der Waals surface area contributed by atoms with E-state index in [4.69, 9.17) is 5.11 Å². The Kier molecular flexibility index (Phi) is 4.06. The summed E-state index contributed by atoms with van der Waals surface area (Å²) in [4.78, 5) is 34.7. The lowest BCUT2D eigenvalue weighted by Gasteiger charge is -2.21. The SMILES string of the molecule is Cc1ccc(NC(=O)N2CCC[C@H]2C(=O)O)cc1[N+](=O)[O-]. The van der Waals surface area contributed by atoms with Crippen LogP contribution in [0, 0.1) is 17.0 Å². The van der Waals surface area contributed by atoms with Crippen LogP contribution in [0.15, 0.2) is 18.2 Å². The number of carbonyl (C=O) groups is 2. The number of nitro groups is 1. The zero-order valence-corrected chi connectivity index (χ0v) is 11.4. The van der Waals surface area contributed by atoms with Gasteiger partial charge in [-0.1, -0.05) is 6.07 Å². The molecule has 21 heavy (non-hydrogen) atoms. The van der Waals surface area contributed by atoms with Gasteiger partial charge in [-0.15, -0.1) is 0 Å². The lowest BCUT2D eigenvalue weighted by Crippen LogP contribution is -2.42. The number of urea groups is 1. The second kappa shape index (κ2) is 5.78. The van der Waals surface area contributed by atoms with Crippen molar-refractivity contribution >= 4 is 23.4 Å². The first-order valence-corrected chi connectivity index (χ1v) is 6.45. The number of hydrogen-bond acceptors (Lipinski definition) is 4. The molecule has 0 aliphatic carbocycles. The Bertz CT molecular complexity index is 601. The predicted octanol–water partition coefficient (Wildman–Crippen LogP) is 1.98. The number of aliphatic carboxylic acids is 1. The van der Waals surface area contributed by atoms with Gasteiger partial charge in [-0.3, -0.25) is 10.1 Å². The summed E-state index contributed by atoms with van der Waals surface area (Å²) < 4.78 is 0. The first kappa shape index (κ1) is 14.8. The highest BCUT2D eigenvalue weighted by Gasteiger charge is 2.34. The van der Waals surface area contributed by atoms with Crippen molar-refractivity contribution in [3.05, 3.63) is 33.9 Å². The van der Waals surface area contributed by atoms with E-state index in [1.165, 1.54) is 17.0 Å². The molecule has 1 saturated heterocycles. The minimum Gasteiger partial charge on any atom is -0.480 e. The molecule has 2 amide bonds. The molecule has 0 spiro atoms. The minimum atomic E-state index is -1.04. The number of carboxylic acid groups (broad SMARTS) is 1. The standard InChI is InChI=1S/C13H15N3O5/c1-8-4-5-9(7-11(8)16(20)21)14-13(19)15-6-2-3-10(15)12(17)18/h4-5,7,10H,2-3,6H2,1H3,(H,14,19)(H,17,18)/t10-/m0/s1. The maximum Gasteiger partial charge on any atom is 0.326 e. The summed E-state index contributed by atoms with van der Waals surface area (Å²) in [6.07, 6.45) is 1.04. The fourth-order valence-corrected chi connectivity index (χ4v) is 2.35. The molecule has 1 heterocycles. The Morgan fingerprint density at radius 2 is 2.19 bits per heavy atom. The van der Waals surface area contributed by atoms with Gasteiger partial charge in [-0.2, -0.15) is 0 Å². The molecule has 1 fully saturated rings. The van der Waals surface area contributed by atoms with Crippen molar-refractivity contribution in [2.24, 2.45) is 0 Å². The number of hydrogen-bond donors (Lipinski definition) is 2. The average molecular weight is 293 g/mol. The summed E-state index contributed by atoms with van der Waals surface area (Å²) in [7, 11) is 0. The first-order chi connectivity index (χ1) is 9.90. The normalized spacial score (nSPS) is 17.6. The van der Waals surface area contributed by atoms with Crippen molar-refractivity contribution in [2.75, 3.05) is 11.9 Å². The van der Waals surface area contributed by atoms with E-state index in [2.05, 4.69) is 5.32 Å². The fraction of sp³-hybridized carbons (Fsp3) is 0.385. The number of rotatable bonds is 3. The second-order valence-electron chi connectivity index (χ2n) is 4.88. The number of amides is 2. The van der Waals surface area contributed by atoms with Crippen molar-refractivity contribution < 1.29 is 19.6 Å². The van der Waals surface area contributed by atoms with Gasteiger partial charge in [0.1, 0.15) is 6.04 Å². The zero-order chi connectivity index (χ0) is 15.6. The third-order valence-electron chi connectivity index (χ3n) is 3.46. The third-order valence-corrected chi connectivity index (χ3v) is 3.46. The van der Waals surface area contributed by atoms with E-state index >= 15 is 0 Å².